The summed E-state index contributed by atoms with van der Waals surface area (Å²) < 4.78 is 7.69. The number of nitrogens with one attached hydrogen (secondary N) is 2. The monoisotopic (exact) mass is 493 g/mol. The second-order valence-electron chi connectivity index (χ2n) is 7.89. The lowest BCUT2D eigenvalue weighted by atomic mass is 10.1. The van der Waals surface area contributed by atoms with E-state index in [9.17, 15) is 0 Å². The summed E-state index contributed by atoms with van der Waals surface area (Å²) in [6.07, 6.45) is 3.65. The molecule has 0 unspecified atom stereocenters. The van der Waals surface area contributed by atoms with Crippen molar-refractivity contribution in [3.05, 3.63) is 87.4 Å². The predicted octanol–water partition coefficient (Wildman–Crippen LogP) is 5.70. The van der Waals surface area contributed by atoms with Gasteiger partial charge in [0.2, 0.25) is 5.95 Å². The fraction of sp³-hybridized carbons (Fsp3) is 0.167. The zero-order chi connectivity index (χ0) is 23.7. The largest absolute Gasteiger partial charge is 0.424 e. The van der Waals surface area contributed by atoms with E-state index >= 15 is 0 Å². The topological polar surface area (TPSA) is 93.5 Å². The number of nitrogens with zero attached hydrogens (tertiary/aromatic N) is 5. The molecule has 10 heteroatoms. The summed E-state index contributed by atoms with van der Waals surface area (Å²) in [4.78, 5) is 12.8. The molecule has 5 rings (SSSR count). The van der Waals surface area contributed by atoms with Crippen LogP contribution in [0.25, 0.3) is 11.0 Å². The first-order chi connectivity index (χ1) is 16.5. The summed E-state index contributed by atoms with van der Waals surface area (Å²) in [6.45, 7) is 2.53. The number of aromatic amines is 1. The third kappa shape index (κ3) is 4.69. The Balaban J connectivity index is 1.26. The average molecular weight is 494 g/mol. The van der Waals surface area contributed by atoms with Gasteiger partial charge in [0, 0.05) is 20.0 Å². The summed E-state index contributed by atoms with van der Waals surface area (Å²) in [7, 11) is 2.00. The highest BCUT2D eigenvalue weighted by molar-refractivity contribution is 6.31. The summed E-state index contributed by atoms with van der Waals surface area (Å²) in [5, 5.41) is 11.8. The van der Waals surface area contributed by atoms with Crippen LogP contribution < -0.4 is 10.1 Å². The van der Waals surface area contributed by atoms with Gasteiger partial charge in [0.1, 0.15) is 5.75 Å². The lowest BCUT2D eigenvalue weighted by Gasteiger charge is -2.08. The zero-order valence-corrected chi connectivity index (χ0v) is 20.0. The lowest BCUT2D eigenvalue weighted by molar-refractivity contribution is 0.441. The molecule has 2 N–H and O–H groups in total. The second kappa shape index (κ2) is 9.32. The van der Waals surface area contributed by atoms with Crippen molar-refractivity contribution in [3.8, 4) is 11.8 Å². The highest BCUT2D eigenvalue weighted by Gasteiger charge is 2.12. The first kappa shape index (κ1) is 22.2. The van der Waals surface area contributed by atoms with Crippen LogP contribution in [0.5, 0.6) is 11.8 Å². The highest BCUT2D eigenvalue weighted by Crippen LogP contribution is 2.25. The van der Waals surface area contributed by atoms with Gasteiger partial charge >= 0.3 is 6.01 Å². The Bertz CT molecular complexity index is 1440. The maximum absolute atomic E-state index is 6.33. The molecular weight excluding hydrogens is 473 g/mol. The standard InChI is InChI=1S/C24H21Cl2N7O/c1-14-22(26)20(32-31-14)9-16-5-8-19-21(10-16)33(2)23(30-19)27-11-15-3-6-18(7-4-15)34-24-28-12-17(25)13-29-24/h3-8,10,12-13H,9,11H2,1-2H3,(H,27,30)(H,31,32). The van der Waals surface area contributed by atoms with Crippen LogP contribution in [0.3, 0.4) is 0 Å². The Hall–Kier alpha value is -3.62. The van der Waals surface area contributed by atoms with Gasteiger partial charge in [0.05, 0.1) is 44.9 Å². The smallest absolute Gasteiger partial charge is 0.321 e. The molecule has 3 aromatic heterocycles. The molecule has 0 aliphatic carbocycles. The molecule has 0 atom stereocenters. The van der Waals surface area contributed by atoms with Crippen LogP contribution in [0.15, 0.2) is 54.9 Å². The van der Waals surface area contributed by atoms with Crippen LogP contribution in [0.2, 0.25) is 10.0 Å². The van der Waals surface area contributed by atoms with Gasteiger partial charge in [0.25, 0.3) is 0 Å². The van der Waals surface area contributed by atoms with E-state index in [1.807, 2.05) is 48.9 Å². The van der Waals surface area contributed by atoms with E-state index < -0.39 is 0 Å². The molecule has 5 aromatic rings. The zero-order valence-electron chi connectivity index (χ0n) is 18.5. The van der Waals surface area contributed by atoms with Gasteiger partial charge in [-0.2, -0.15) is 5.10 Å². The average Bonchev–Trinajstić information content (AvgIpc) is 3.33. The molecule has 172 valence electrons. The molecule has 34 heavy (non-hydrogen) atoms. The van der Waals surface area contributed by atoms with Gasteiger partial charge in [-0.15, -0.1) is 0 Å². The summed E-state index contributed by atoms with van der Waals surface area (Å²) in [5.74, 6) is 1.43. The van der Waals surface area contributed by atoms with Gasteiger partial charge in [-0.05, 0) is 42.3 Å². The maximum Gasteiger partial charge on any atom is 0.321 e. The van der Waals surface area contributed by atoms with Crippen molar-refractivity contribution in [2.45, 2.75) is 19.9 Å². The highest BCUT2D eigenvalue weighted by atomic mass is 35.5. The minimum absolute atomic E-state index is 0.249. The molecular formula is C24H21Cl2N7O. The number of ether oxygens (including phenoxy) is 1. The van der Waals surface area contributed by atoms with Crippen LogP contribution in [-0.4, -0.2) is 29.7 Å². The third-order valence-corrected chi connectivity index (χ3v) is 6.13. The summed E-state index contributed by atoms with van der Waals surface area (Å²) in [6, 6.07) is 14.2. The molecule has 0 aliphatic rings. The molecule has 0 aliphatic heterocycles. The quantitative estimate of drug-likeness (QED) is 0.302. The first-order valence-electron chi connectivity index (χ1n) is 10.6. The molecule has 8 nitrogen and oxygen atoms in total. The fourth-order valence-electron chi connectivity index (χ4n) is 3.59. The molecule has 0 radical (unpaired) electrons. The van der Waals surface area contributed by atoms with Crippen molar-refractivity contribution in [2.75, 3.05) is 5.32 Å². The number of aromatic nitrogens is 6. The first-order valence-corrected chi connectivity index (χ1v) is 11.3. The Kier molecular flexibility index (Phi) is 6.08. The molecule has 3 heterocycles. The number of aryl methyl sites for hydroxylation is 2. The van der Waals surface area contributed by atoms with E-state index in [0.717, 1.165) is 39.5 Å². The van der Waals surface area contributed by atoms with Crippen LogP contribution in [0, 0.1) is 6.92 Å². The van der Waals surface area contributed by atoms with Crippen molar-refractivity contribution in [1.82, 2.24) is 29.7 Å². The third-order valence-electron chi connectivity index (χ3n) is 5.44. The Morgan fingerprint density at radius 1 is 1.03 bits per heavy atom. The van der Waals surface area contributed by atoms with Gasteiger partial charge in [0.15, 0.2) is 0 Å². The number of anilines is 1. The van der Waals surface area contributed by atoms with Crippen molar-refractivity contribution in [1.29, 1.82) is 0 Å². The number of H-pyrrole nitrogens is 1. The molecule has 0 fully saturated rings. The van der Waals surface area contributed by atoms with Gasteiger partial charge in [-0.1, -0.05) is 41.4 Å². The summed E-state index contributed by atoms with van der Waals surface area (Å²) >= 11 is 12.1. The van der Waals surface area contributed by atoms with Crippen LogP contribution in [-0.2, 0) is 20.0 Å². The Labute approximate surface area is 205 Å². The van der Waals surface area contributed by atoms with Crippen molar-refractivity contribution in [3.63, 3.8) is 0 Å². The molecule has 2 aromatic carbocycles. The number of imidazole rings is 1. The van der Waals surface area contributed by atoms with Gasteiger partial charge in [-0.3, -0.25) is 5.10 Å². The van der Waals surface area contributed by atoms with E-state index in [0.29, 0.717) is 28.8 Å². The van der Waals surface area contributed by atoms with E-state index in [2.05, 4.69) is 37.6 Å². The predicted molar refractivity (Wildman–Crippen MR) is 133 cm³/mol. The van der Waals surface area contributed by atoms with Gasteiger partial charge < -0.3 is 14.6 Å². The van der Waals surface area contributed by atoms with E-state index in [-0.39, 0.29) is 6.01 Å². The maximum atomic E-state index is 6.33. The lowest BCUT2D eigenvalue weighted by Crippen LogP contribution is -2.05. The molecule has 0 amide bonds. The van der Waals surface area contributed by atoms with E-state index in [4.69, 9.17) is 32.9 Å². The minimum atomic E-state index is 0.249. The summed E-state index contributed by atoms with van der Waals surface area (Å²) in [5.41, 5.74) is 5.88. The van der Waals surface area contributed by atoms with Crippen LogP contribution >= 0.6 is 23.2 Å². The number of halogens is 2. The fourth-order valence-corrected chi connectivity index (χ4v) is 3.84. The molecule has 0 saturated heterocycles. The Morgan fingerprint density at radius 2 is 1.76 bits per heavy atom. The van der Waals surface area contributed by atoms with Crippen molar-refractivity contribution < 1.29 is 4.74 Å². The second-order valence-corrected chi connectivity index (χ2v) is 8.70. The van der Waals surface area contributed by atoms with Crippen molar-refractivity contribution in [2.24, 2.45) is 7.05 Å². The Morgan fingerprint density at radius 3 is 2.47 bits per heavy atom. The van der Waals surface area contributed by atoms with Gasteiger partial charge in [-0.25, -0.2) is 15.0 Å². The van der Waals surface area contributed by atoms with Crippen LogP contribution in [0.4, 0.5) is 5.95 Å². The number of hydrogen-bond donors (Lipinski definition) is 2. The SMILES string of the molecule is Cc1[nH]nc(Cc2ccc3nc(NCc4ccc(Oc5ncc(Cl)cn5)cc4)n(C)c3c2)c1Cl. The number of rotatable bonds is 7. The normalized spacial score (nSPS) is 11.2. The van der Waals surface area contributed by atoms with E-state index in [1.165, 1.54) is 12.4 Å². The number of hydrogen-bond acceptors (Lipinski definition) is 6. The minimum Gasteiger partial charge on any atom is -0.424 e. The number of benzene rings is 2. The molecule has 0 bridgehead atoms. The van der Waals surface area contributed by atoms with E-state index in [1.54, 1.807) is 0 Å². The molecule has 0 spiro atoms. The number of fused-ring (bicyclic) bond motifs is 1. The van der Waals surface area contributed by atoms with Crippen molar-refractivity contribution >= 4 is 40.2 Å². The van der Waals surface area contributed by atoms with Crippen LogP contribution in [0.1, 0.15) is 22.5 Å². The molecule has 0 saturated carbocycles.